The molecule has 1 heterocycles. The second-order valence-electron chi connectivity index (χ2n) is 6.81. The maximum atomic E-state index is 12.1. The van der Waals surface area contributed by atoms with Gasteiger partial charge in [-0.1, -0.05) is 0 Å². The van der Waals surface area contributed by atoms with Crippen LogP contribution in [0.25, 0.3) is 0 Å². The van der Waals surface area contributed by atoms with Crippen LogP contribution in [0, 0.1) is 0 Å². The van der Waals surface area contributed by atoms with Crippen molar-refractivity contribution in [3.63, 3.8) is 0 Å². The quantitative estimate of drug-likeness (QED) is 0.327. The van der Waals surface area contributed by atoms with Crippen molar-refractivity contribution in [1.82, 2.24) is 19.6 Å². The Bertz CT molecular complexity index is 527. The number of primary amides is 3. The highest BCUT2D eigenvalue weighted by Crippen LogP contribution is 2.01. The van der Waals surface area contributed by atoms with Crippen LogP contribution in [0.5, 0.6) is 0 Å². The summed E-state index contributed by atoms with van der Waals surface area (Å²) in [5.41, 5.74) is 21.5. The monoisotopic (exact) mass is 400 g/mol. The van der Waals surface area contributed by atoms with E-state index < -0.39 is 17.7 Å². The molecule has 0 aliphatic carbocycles. The van der Waals surface area contributed by atoms with Gasteiger partial charge < -0.3 is 27.8 Å². The first-order valence-electron chi connectivity index (χ1n) is 9.21. The Labute approximate surface area is 164 Å². The summed E-state index contributed by atoms with van der Waals surface area (Å²) in [6, 6.07) is 0. The van der Waals surface area contributed by atoms with Crippen LogP contribution >= 0.6 is 0 Å². The van der Waals surface area contributed by atoms with Crippen molar-refractivity contribution in [3.05, 3.63) is 0 Å². The summed E-state index contributed by atoms with van der Waals surface area (Å²) in [4.78, 5) is 53.3. The van der Waals surface area contributed by atoms with Crippen molar-refractivity contribution in [2.45, 2.75) is 0 Å². The summed E-state index contributed by atoms with van der Waals surface area (Å²) in [5, 5.41) is 0. The molecule has 1 rings (SSSR count). The standard InChI is InChI=1S/C16H32N8O4/c17-9-16(28)24-7-5-22(11-14(19)26)3-1-21(10-13(18)25)2-4-23(6-8-24)12-15(20)27/h1-12,17H2,(H2,18,25)(H2,19,26)(H2,20,27). The first-order chi connectivity index (χ1) is 13.2. The van der Waals surface area contributed by atoms with E-state index in [0.29, 0.717) is 52.4 Å². The lowest BCUT2D eigenvalue weighted by molar-refractivity contribution is -0.130. The summed E-state index contributed by atoms with van der Waals surface area (Å²) < 4.78 is 0. The molecule has 0 aromatic carbocycles. The van der Waals surface area contributed by atoms with E-state index in [4.69, 9.17) is 22.9 Å². The van der Waals surface area contributed by atoms with Crippen LogP contribution in [-0.4, -0.2) is 122 Å². The molecule has 1 saturated heterocycles. The third-order valence-corrected chi connectivity index (χ3v) is 4.50. The van der Waals surface area contributed by atoms with Crippen molar-refractivity contribution in [2.75, 3.05) is 78.5 Å². The van der Waals surface area contributed by atoms with Crippen LogP contribution in [0.4, 0.5) is 0 Å². The summed E-state index contributed by atoms with van der Waals surface area (Å²) in [6.45, 7) is 3.50. The average molecular weight is 400 g/mol. The lowest BCUT2D eigenvalue weighted by Crippen LogP contribution is -2.51. The molecule has 1 aliphatic rings. The van der Waals surface area contributed by atoms with E-state index in [1.807, 2.05) is 14.7 Å². The lowest BCUT2D eigenvalue weighted by atomic mass is 10.3. The van der Waals surface area contributed by atoms with Gasteiger partial charge in [0.2, 0.25) is 23.6 Å². The van der Waals surface area contributed by atoms with Crippen molar-refractivity contribution >= 4 is 23.6 Å². The molecule has 8 N–H and O–H groups in total. The second kappa shape index (κ2) is 12.2. The third kappa shape index (κ3) is 9.60. The summed E-state index contributed by atoms with van der Waals surface area (Å²) >= 11 is 0. The minimum Gasteiger partial charge on any atom is -0.369 e. The fourth-order valence-electron chi connectivity index (χ4n) is 3.05. The zero-order chi connectivity index (χ0) is 21.1. The third-order valence-electron chi connectivity index (χ3n) is 4.50. The minimum atomic E-state index is -0.474. The van der Waals surface area contributed by atoms with Crippen molar-refractivity contribution in [1.29, 1.82) is 0 Å². The van der Waals surface area contributed by atoms with E-state index in [-0.39, 0.29) is 32.1 Å². The van der Waals surface area contributed by atoms with Gasteiger partial charge in [-0.05, 0) is 0 Å². The largest absolute Gasteiger partial charge is 0.369 e. The summed E-state index contributed by atoms with van der Waals surface area (Å²) in [5.74, 6) is -1.63. The smallest absolute Gasteiger partial charge is 0.236 e. The highest BCUT2D eigenvalue weighted by Gasteiger charge is 2.20. The summed E-state index contributed by atoms with van der Waals surface area (Å²) in [7, 11) is 0. The fraction of sp³-hybridized carbons (Fsp3) is 0.750. The normalized spacial score (nSPS) is 18.8. The number of hydrogen-bond donors (Lipinski definition) is 4. The SMILES string of the molecule is NCC(=O)N1CCN(CC(N)=O)CCN(CC(N)=O)CCN(CC(N)=O)CC1. The first-order valence-corrected chi connectivity index (χ1v) is 9.21. The Morgan fingerprint density at radius 3 is 1.11 bits per heavy atom. The average Bonchev–Trinajstić information content (AvgIpc) is 2.59. The van der Waals surface area contributed by atoms with Crippen LogP contribution in [0.15, 0.2) is 0 Å². The molecular weight excluding hydrogens is 368 g/mol. The van der Waals surface area contributed by atoms with Gasteiger partial charge in [-0.25, -0.2) is 0 Å². The predicted molar refractivity (Wildman–Crippen MR) is 103 cm³/mol. The Kier molecular flexibility index (Phi) is 10.4. The molecule has 1 fully saturated rings. The number of nitrogens with zero attached hydrogens (tertiary/aromatic N) is 4. The van der Waals surface area contributed by atoms with Crippen molar-refractivity contribution in [3.8, 4) is 0 Å². The van der Waals surface area contributed by atoms with Crippen LogP contribution in [0.3, 0.4) is 0 Å². The summed E-state index contributed by atoms with van der Waals surface area (Å²) in [6.07, 6.45) is 0. The number of amides is 4. The van der Waals surface area contributed by atoms with Crippen molar-refractivity contribution < 1.29 is 19.2 Å². The molecule has 0 unspecified atom stereocenters. The second-order valence-corrected chi connectivity index (χ2v) is 6.81. The Hall–Kier alpha value is -2.28. The molecule has 160 valence electrons. The molecule has 0 saturated carbocycles. The predicted octanol–water partition coefficient (Wildman–Crippen LogP) is -4.85. The van der Waals surface area contributed by atoms with E-state index in [1.165, 1.54) is 0 Å². The molecule has 4 amide bonds. The molecule has 12 heteroatoms. The van der Waals surface area contributed by atoms with E-state index in [1.54, 1.807) is 4.90 Å². The zero-order valence-electron chi connectivity index (χ0n) is 16.2. The van der Waals surface area contributed by atoms with E-state index >= 15 is 0 Å². The molecule has 0 aromatic heterocycles. The van der Waals surface area contributed by atoms with Gasteiger partial charge in [0.15, 0.2) is 0 Å². The van der Waals surface area contributed by atoms with E-state index in [9.17, 15) is 19.2 Å². The molecule has 1 aliphatic heterocycles. The van der Waals surface area contributed by atoms with Crippen molar-refractivity contribution in [2.24, 2.45) is 22.9 Å². The van der Waals surface area contributed by atoms with Gasteiger partial charge in [-0.2, -0.15) is 0 Å². The maximum absolute atomic E-state index is 12.1. The van der Waals surface area contributed by atoms with Gasteiger partial charge in [-0.3, -0.25) is 33.9 Å². The number of nitrogens with two attached hydrogens (primary N) is 4. The molecule has 12 nitrogen and oxygen atoms in total. The Morgan fingerprint density at radius 2 is 0.857 bits per heavy atom. The van der Waals surface area contributed by atoms with Gasteiger partial charge >= 0.3 is 0 Å². The molecule has 0 spiro atoms. The Balaban J connectivity index is 2.93. The van der Waals surface area contributed by atoms with Crippen LogP contribution in [-0.2, 0) is 19.2 Å². The van der Waals surface area contributed by atoms with Gasteiger partial charge in [0.25, 0.3) is 0 Å². The van der Waals surface area contributed by atoms with Gasteiger partial charge in [-0.15, -0.1) is 0 Å². The topological polar surface area (TPSA) is 185 Å². The zero-order valence-corrected chi connectivity index (χ0v) is 16.2. The Morgan fingerprint density at radius 1 is 0.571 bits per heavy atom. The fourth-order valence-corrected chi connectivity index (χ4v) is 3.05. The highest BCUT2D eigenvalue weighted by atomic mass is 16.2. The van der Waals surface area contributed by atoms with E-state index in [0.717, 1.165) is 0 Å². The molecule has 28 heavy (non-hydrogen) atoms. The van der Waals surface area contributed by atoms with Gasteiger partial charge in [0, 0.05) is 52.4 Å². The lowest BCUT2D eigenvalue weighted by Gasteiger charge is -2.33. The number of carbonyl (C=O) groups excluding carboxylic acids is 4. The van der Waals surface area contributed by atoms with E-state index in [2.05, 4.69) is 0 Å². The molecule has 0 bridgehead atoms. The van der Waals surface area contributed by atoms with Crippen LogP contribution in [0.1, 0.15) is 0 Å². The maximum Gasteiger partial charge on any atom is 0.236 e. The number of hydrogen-bond acceptors (Lipinski definition) is 8. The minimum absolute atomic E-state index is 0.0445. The van der Waals surface area contributed by atoms with Crippen LogP contribution < -0.4 is 22.9 Å². The first kappa shape index (κ1) is 23.8. The van der Waals surface area contributed by atoms with Gasteiger partial charge in [0.05, 0.1) is 26.2 Å². The molecule has 0 atom stereocenters. The number of carbonyl (C=O) groups is 4. The molecular formula is C16H32N8O4. The number of rotatable bonds is 7. The molecule has 0 aromatic rings. The molecule has 0 radical (unpaired) electrons. The van der Waals surface area contributed by atoms with Crippen LogP contribution in [0.2, 0.25) is 0 Å². The van der Waals surface area contributed by atoms with Gasteiger partial charge in [0.1, 0.15) is 0 Å². The highest BCUT2D eigenvalue weighted by molar-refractivity contribution is 5.78.